The number of methoxy groups -OCH3 is 1. The van der Waals surface area contributed by atoms with E-state index in [-0.39, 0.29) is 11.9 Å². The molecule has 0 radical (unpaired) electrons. The van der Waals surface area contributed by atoms with E-state index in [0.717, 1.165) is 33.5 Å². The smallest absolute Gasteiger partial charge is 0.224 e. The molecule has 0 aliphatic carbocycles. The number of H-pyrrole nitrogens is 1. The number of aromatic nitrogens is 1. The lowest BCUT2D eigenvalue weighted by atomic mass is 10.0. The molecule has 0 spiro atoms. The molecule has 0 unspecified atom stereocenters. The Morgan fingerprint density at radius 3 is 2.68 bits per heavy atom. The monoisotopic (exact) mass is 379 g/mol. The Labute approximate surface area is 166 Å². The highest BCUT2D eigenvalue weighted by molar-refractivity contribution is 5.90. The number of hydrogen-bond donors (Lipinski definition) is 2. The summed E-state index contributed by atoms with van der Waals surface area (Å²) >= 11 is 0. The van der Waals surface area contributed by atoms with Gasteiger partial charge in [-0.1, -0.05) is 23.8 Å². The zero-order chi connectivity index (χ0) is 20.3. The van der Waals surface area contributed by atoms with Crippen molar-refractivity contribution in [3.63, 3.8) is 0 Å². The number of carbonyl (C=O) groups is 1. The van der Waals surface area contributed by atoms with E-state index in [4.69, 9.17) is 4.74 Å². The second-order valence-electron chi connectivity index (χ2n) is 7.51. The van der Waals surface area contributed by atoms with Crippen molar-refractivity contribution >= 4 is 16.8 Å². The molecular formula is C23H29N3O2. The van der Waals surface area contributed by atoms with Crippen molar-refractivity contribution < 1.29 is 9.53 Å². The molecule has 1 amide bonds. The fourth-order valence-electron chi connectivity index (χ4n) is 3.60. The summed E-state index contributed by atoms with van der Waals surface area (Å²) in [5.74, 6) is 0.848. The number of benzene rings is 2. The van der Waals surface area contributed by atoms with Crippen molar-refractivity contribution in [2.75, 3.05) is 27.7 Å². The number of carbonyl (C=O) groups excluding carboxylic acids is 1. The lowest BCUT2D eigenvalue weighted by molar-refractivity contribution is -0.120. The van der Waals surface area contributed by atoms with E-state index >= 15 is 0 Å². The van der Waals surface area contributed by atoms with Crippen molar-refractivity contribution in [1.82, 2.24) is 15.2 Å². The minimum absolute atomic E-state index is 0.0280. The van der Waals surface area contributed by atoms with Crippen LogP contribution in [0.2, 0.25) is 0 Å². The number of amides is 1. The number of nitrogens with zero attached hydrogens (tertiary/aromatic N) is 1. The number of likely N-dealkylation sites (N-methyl/N-ethyl adjacent to an activating group) is 1. The summed E-state index contributed by atoms with van der Waals surface area (Å²) in [6.45, 7) is 4.64. The van der Waals surface area contributed by atoms with Gasteiger partial charge in [-0.2, -0.15) is 0 Å². The van der Waals surface area contributed by atoms with Crippen LogP contribution in [0.5, 0.6) is 5.75 Å². The highest BCUT2D eigenvalue weighted by atomic mass is 16.5. The van der Waals surface area contributed by atoms with Crippen molar-refractivity contribution in [3.05, 3.63) is 64.8 Å². The van der Waals surface area contributed by atoms with Crippen LogP contribution in [0.4, 0.5) is 0 Å². The Morgan fingerprint density at radius 1 is 1.18 bits per heavy atom. The van der Waals surface area contributed by atoms with Gasteiger partial charge < -0.3 is 19.9 Å². The maximum absolute atomic E-state index is 12.7. The van der Waals surface area contributed by atoms with E-state index < -0.39 is 0 Å². The molecule has 1 heterocycles. The quantitative estimate of drug-likeness (QED) is 0.657. The van der Waals surface area contributed by atoms with Crippen LogP contribution in [0.15, 0.2) is 42.5 Å². The molecule has 3 rings (SSSR count). The summed E-state index contributed by atoms with van der Waals surface area (Å²) in [5, 5.41) is 4.24. The molecular weight excluding hydrogens is 350 g/mol. The van der Waals surface area contributed by atoms with Gasteiger partial charge in [0, 0.05) is 23.1 Å². The van der Waals surface area contributed by atoms with Crippen LogP contribution in [0.3, 0.4) is 0 Å². The van der Waals surface area contributed by atoms with E-state index in [1.807, 2.05) is 39.2 Å². The molecule has 2 N–H and O–H groups in total. The molecule has 2 aromatic carbocycles. The Bertz CT molecular complexity index is 975. The summed E-state index contributed by atoms with van der Waals surface area (Å²) in [4.78, 5) is 18.2. The Hall–Kier alpha value is -2.79. The SMILES string of the molecule is COc1cccc([C@@H](CNC(=O)Cc2c(C)[nH]c3ccc(C)cc23)N(C)C)c1. The second kappa shape index (κ2) is 8.48. The first-order valence-electron chi connectivity index (χ1n) is 9.54. The van der Waals surface area contributed by atoms with Gasteiger partial charge in [0.05, 0.1) is 19.6 Å². The van der Waals surface area contributed by atoms with Gasteiger partial charge in [-0.3, -0.25) is 4.79 Å². The molecule has 0 aliphatic heterocycles. The first-order valence-corrected chi connectivity index (χ1v) is 9.54. The lowest BCUT2D eigenvalue weighted by Crippen LogP contribution is -2.35. The van der Waals surface area contributed by atoms with Gasteiger partial charge in [0.2, 0.25) is 5.91 Å². The van der Waals surface area contributed by atoms with E-state index in [1.54, 1.807) is 7.11 Å². The molecule has 5 nitrogen and oxygen atoms in total. The lowest BCUT2D eigenvalue weighted by Gasteiger charge is -2.25. The summed E-state index contributed by atoms with van der Waals surface area (Å²) in [6, 6.07) is 14.4. The van der Waals surface area contributed by atoms with Gasteiger partial charge in [0.15, 0.2) is 0 Å². The number of aryl methyl sites for hydroxylation is 2. The Balaban J connectivity index is 1.72. The van der Waals surface area contributed by atoms with Gasteiger partial charge in [0.1, 0.15) is 5.75 Å². The van der Waals surface area contributed by atoms with Gasteiger partial charge in [-0.15, -0.1) is 0 Å². The fraction of sp³-hybridized carbons (Fsp3) is 0.348. The van der Waals surface area contributed by atoms with Gasteiger partial charge in [-0.05, 0) is 63.3 Å². The fourth-order valence-corrected chi connectivity index (χ4v) is 3.60. The average molecular weight is 380 g/mol. The van der Waals surface area contributed by atoms with E-state index in [1.165, 1.54) is 5.56 Å². The van der Waals surface area contributed by atoms with Gasteiger partial charge >= 0.3 is 0 Å². The minimum atomic E-state index is 0.0280. The molecule has 1 aromatic heterocycles. The highest BCUT2D eigenvalue weighted by Crippen LogP contribution is 2.24. The normalized spacial score (nSPS) is 12.4. The summed E-state index contributed by atoms with van der Waals surface area (Å²) < 4.78 is 5.33. The van der Waals surface area contributed by atoms with Crippen LogP contribution in [-0.4, -0.2) is 43.5 Å². The number of aromatic amines is 1. The summed E-state index contributed by atoms with van der Waals surface area (Å²) in [6.07, 6.45) is 0.369. The maximum Gasteiger partial charge on any atom is 0.224 e. The predicted molar refractivity (Wildman–Crippen MR) is 114 cm³/mol. The number of rotatable bonds is 7. The predicted octanol–water partition coefficient (Wildman–Crippen LogP) is 3.75. The highest BCUT2D eigenvalue weighted by Gasteiger charge is 2.18. The summed E-state index contributed by atoms with van der Waals surface area (Å²) in [7, 11) is 5.70. The molecule has 0 fully saturated rings. The third-order valence-electron chi connectivity index (χ3n) is 5.21. The van der Waals surface area contributed by atoms with Crippen molar-refractivity contribution in [2.24, 2.45) is 0 Å². The van der Waals surface area contributed by atoms with Crippen molar-refractivity contribution in [3.8, 4) is 5.75 Å². The molecule has 3 aromatic rings. The minimum Gasteiger partial charge on any atom is -0.497 e. The van der Waals surface area contributed by atoms with Crippen molar-refractivity contribution in [1.29, 1.82) is 0 Å². The van der Waals surface area contributed by atoms with Gasteiger partial charge in [-0.25, -0.2) is 0 Å². The van der Waals surface area contributed by atoms with Crippen LogP contribution in [-0.2, 0) is 11.2 Å². The molecule has 0 bridgehead atoms. The first-order chi connectivity index (χ1) is 13.4. The van der Waals surface area contributed by atoms with Crippen LogP contribution < -0.4 is 10.1 Å². The number of ether oxygens (including phenoxy) is 1. The van der Waals surface area contributed by atoms with E-state index in [2.05, 4.69) is 46.4 Å². The zero-order valence-electron chi connectivity index (χ0n) is 17.3. The zero-order valence-corrected chi connectivity index (χ0v) is 17.3. The number of fused-ring (bicyclic) bond motifs is 1. The van der Waals surface area contributed by atoms with Crippen LogP contribution >= 0.6 is 0 Å². The maximum atomic E-state index is 12.7. The third-order valence-corrected chi connectivity index (χ3v) is 5.21. The largest absolute Gasteiger partial charge is 0.497 e. The standard InChI is InChI=1S/C23H29N3O2/c1-15-9-10-21-20(11-15)19(16(2)25-21)13-23(27)24-14-22(26(3)4)17-7-6-8-18(12-17)28-5/h6-12,22,25H,13-14H2,1-5H3,(H,24,27)/t22-/m1/s1. The number of hydrogen-bond acceptors (Lipinski definition) is 3. The third kappa shape index (κ3) is 4.37. The molecule has 28 heavy (non-hydrogen) atoms. The molecule has 148 valence electrons. The number of nitrogens with one attached hydrogen (secondary N) is 2. The molecule has 5 heteroatoms. The van der Waals surface area contributed by atoms with Gasteiger partial charge in [0.25, 0.3) is 0 Å². The Kier molecular flexibility index (Phi) is 6.05. The first kappa shape index (κ1) is 20.0. The Morgan fingerprint density at radius 2 is 1.96 bits per heavy atom. The second-order valence-corrected chi connectivity index (χ2v) is 7.51. The molecule has 1 atom stereocenters. The topological polar surface area (TPSA) is 57.4 Å². The molecule has 0 saturated heterocycles. The molecule has 0 saturated carbocycles. The van der Waals surface area contributed by atoms with E-state index in [0.29, 0.717) is 13.0 Å². The van der Waals surface area contributed by atoms with Crippen molar-refractivity contribution in [2.45, 2.75) is 26.3 Å². The van der Waals surface area contributed by atoms with E-state index in [9.17, 15) is 4.79 Å². The molecule has 0 aliphatic rings. The summed E-state index contributed by atoms with van der Waals surface area (Å²) in [5.41, 5.74) is 5.50. The van der Waals surface area contributed by atoms with Crippen LogP contribution in [0, 0.1) is 13.8 Å². The van der Waals surface area contributed by atoms with Crippen LogP contribution in [0.25, 0.3) is 10.9 Å². The average Bonchev–Trinajstić information content (AvgIpc) is 2.96. The van der Waals surface area contributed by atoms with Crippen LogP contribution in [0.1, 0.15) is 28.4 Å².